The number of rotatable bonds is 5. The Hall–Kier alpha value is -3.41. The molecule has 0 aliphatic heterocycles. The summed E-state index contributed by atoms with van der Waals surface area (Å²) in [5.74, 6) is -4.41. The number of hydrogen-bond donors (Lipinski definition) is 1. The van der Waals surface area contributed by atoms with Gasteiger partial charge >= 0.3 is 18.1 Å². The number of ether oxygens (including phenoxy) is 1. The van der Waals surface area contributed by atoms with Crippen LogP contribution in [0.3, 0.4) is 0 Å². The summed E-state index contributed by atoms with van der Waals surface area (Å²) in [4.78, 5) is 23.2. The third-order valence-electron chi connectivity index (χ3n) is 3.92. The fourth-order valence-electron chi connectivity index (χ4n) is 2.76. The van der Waals surface area contributed by atoms with Crippen molar-refractivity contribution in [3.05, 3.63) is 46.5 Å². The third kappa shape index (κ3) is 3.73. The maximum Gasteiger partial charge on any atom is 0.433 e. The number of carbonyl (C=O) groups is 2. The van der Waals surface area contributed by atoms with Crippen molar-refractivity contribution >= 4 is 23.5 Å². The Balaban J connectivity index is 2.32. The Kier molecular flexibility index (Phi) is 5.53. The molecule has 30 heavy (non-hydrogen) atoms. The zero-order valence-electron chi connectivity index (χ0n) is 14.8. The zero-order valence-corrected chi connectivity index (χ0v) is 15.6. The maximum atomic E-state index is 14.3. The molecule has 2 aromatic heterocycles. The number of esters is 1. The Morgan fingerprint density at radius 3 is 2.60 bits per heavy atom. The normalized spacial score (nSPS) is 11.5. The van der Waals surface area contributed by atoms with Crippen molar-refractivity contribution in [3.8, 4) is 22.6 Å². The van der Waals surface area contributed by atoms with Gasteiger partial charge in [0.2, 0.25) is 0 Å². The minimum absolute atomic E-state index is 0.178. The highest BCUT2D eigenvalue weighted by atomic mass is 35.5. The number of aromatic nitrogens is 3. The predicted molar refractivity (Wildman–Crippen MR) is 92.1 cm³/mol. The van der Waals surface area contributed by atoms with Crippen molar-refractivity contribution in [2.45, 2.75) is 12.7 Å². The summed E-state index contributed by atoms with van der Waals surface area (Å²) in [6, 6.07) is 3.56. The van der Waals surface area contributed by atoms with Crippen LogP contribution in [0.2, 0.25) is 5.02 Å². The first-order valence-electron chi connectivity index (χ1n) is 7.93. The van der Waals surface area contributed by atoms with Gasteiger partial charge in [0, 0.05) is 0 Å². The lowest BCUT2D eigenvalue weighted by atomic mass is 10.0. The van der Waals surface area contributed by atoms with Crippen LogP contribution in [0.4, 0.5) is 17.6 Å². The number of halogens is 5. The molecule has 1 aromatic carbocycles. The summed E-state index contributed by atoms with van der Waals surface area (Å²) in [6.07, 6.45) is -4.41. The first kappa shape index (κ1) is 21.3. The average molecular weight is 448 g/mol. The number of benzene rings is 1. The monoisotopic (exact) mass is 447 g/mol. The van der Waals surface area contributed by atoms with Gasteiger partial charge in [-0.25, -0.2) is 13.9 Å². The van der Waals surface area contributed by atoms with E-state index in [1.54, 1.807) is 0 Å². The highest BCUT2D eigenvalue weighted by molar-refractivity contribution is 6.33. The smallest absolute Gasteiger partial charge is 0.433 e. The maximum absolute atomic E-state index is 14.3. The summed E-state index contributed by atoms with van der Waals surface area (Å²) < 4.78 is 65.0. The van der Waals surface area contributed by atoms with E-state index < -0.39 is 58.8 Å². The van der Waals surface area contributed by atoms with Gasteiger partial charge in [0.15, 0.2) is 11.5 Å². The standard InChI is InChI=1S/C17H10ClF4N3O5/c1-29-16(28)12-13(11-8(18)3-2-4-9(11)19)24-30-14(12)7-5-23-25(6-10(26)27)15(7)17(20,21)22/h2-5H,6H2,1H3,(H,26,27). The molecule has 0 saturated heterocycles. The van der Waals surface area contributed by atoms with Crippen LogP contribution < -0.4 is 0 Å². The van der Waals surface area contributed by atoms with Crippen LogP contribution in [-0.2, 0) is 22.3 Å². The Morgan fingerprint density at radius 1 is 1.33 bits per heavy atom. The Labute approximate surface area is 169 Å². The number of aliphatic carboxylic acids is 1. The van der Waals surface area contributed by atoms with Crippen molar-refractivity contribution in [2.75, 3.05) is 7.11 Å². The van der Waals surface area contributed by atoms with Gasteiger partial charge in [-0.15, -0.1) is 0 Å². The molecule has 3 aromatic rings. The second-order valence-electron chi connectivity index (χ2n) is 5.78. The molecule has 0 amide bonds. The molecule has 0 saturated carbocycles. The van der Waals surface area contributed by atoms with Crippen molar-refractivity contribution in [1.29, 1.82) is 0 Å². The van der Waals surface area contributed by atoms with E-state index in [0.29, 0.717) is 6.20 Å². The average Bonchev–Trinajstić information content (AvgIpc) is 3.24. The minimum atomic E-state index is -5.07. The molecule has 0 unspecified atom stereocenters. The van der Waals surface area contributed by atoms with Gasteiger partial charge in [0.1, 0.15) is 23.6 Å². The van der Waals surface area contributed by atoms with Gasteiger partial charge in [0.25, 0.3) is 0 Å². The van der Waals surface area contributed by atoms with E-state index in [4.69, 9.17) is 21.2 Å². The van der Waals surface area contributed by atoms with Crippen molar-refractivity contribution in [2.24, 2.45) is 0 Å². The number of nitrogens with zero attached hydrogens (tertiary/aromatic N) is 3. The van der Waals surface area contributed by atoms with Crippen LogP contribution in [0.5, 0.6) is 0 Å². The molecule has 0 radical (unpaired) electrons. The van der Waals surface area contributed by atoms with Gasteiger partial charge in [-0.05, 0) is 12.1 Å². The number of carbonyl (C=O) groups excluding carboxylic acids is 1. The molecule has 0 spiro atoms. The number of carboxylic acid groups (broad SMARTS) is 1. The number of carboxylic acids is 1. The lowest BCUT2D eigenvalue weighted by Crippen LogP contribution is -2.19. The quantitative estimate of drug-likeness (QED) is 0.467. The van der Waals surface area contributed by atoms with Crippen LogP contribution in [0.15, 0.2) is 28.9 Å². The van der Waals surface area contributed by atoms with Crippen LogP contribution in [0.25, 0.3) is 22.6 Å². The summed E-state index contributed by atoms with van der Waals surface area (Å²) in [5.41, 5.74) is -3.79. The fourth-order valence-corrected chi connectivity index (χ4v) is 3.01. The highest BCUT2D eigenvalue weighted by Crippen LogP contribution is 2.42. The number of methoxy groups -OCH3 is 1. The molecule has 2 heterocycles. The third-order valence-corrected chi connectivity index (χ3v) is 4.23. The summed E-state index contributed by atoms with van der Waals surface area (Å²) >= 11 is 5.97. The summed E-state index contributed by atoms with van der Waals surface area (Å²) in [7, 11) is 0.949. The van der Waals surface area contributed by atoms with Crippen LogP contribution >= 0.6 is 11.6 Å². The lowest BCUT2D eigenvalue weighted by Gasteiger charge is -2.11. The second-order valence-corrected chi connectivity index (χ2v) is 6.19. The SMILES string of the molecule is COC(=O)c1c(-c2c(F)cccc2Cl)noc1-c1cnn(CC(=O)O)c1C(F)(F)F. The molecule has 0 aliphatic carbocycles. The fraction of sp³-hybridized carbons (Fsp3) is 0.176. The van der Waals surface area contributed by atoms with Gasteiger partial charge in [-0.1, -0.05) is 22.8 Å². The number of hydrogen-bond acceptors (Lipinski definition) is 6. The van der Waals surface area contributed by atoms with Crippen molar-refractivity contribution < 1.29 is 41.5 Å². The van der Waals surface area contributed by atoms with Crippen molar-refractivity contribution in [1.82, 2.24) is 14.9 Å². The first-order chi connectivity index (χ1) is 14.1. The largest absolute Gasteiger partial charge is 0.480 e. The first-order valence-corrected chi connectivity index (χ1v) is 8.31. The molecule has 0 atom stereocenters. The van der Waals surface area contributed by atoms with E-state index in [1.807, 2.05) is 0 Å². The van der Waals surface area contributed by atoms with Gasteiger partial charge in [0.05, 0.1) is 29.5 Å². The van der Waals surface area contributed by atoms with E-state index in [-0.39, 0.29) is 15.3 Å². The van der Waals surface area contributed by atoms with E-state index in [2.05, 4.69) is 15.0 Å². The van der Waals surface area contributed by atoms with Crippen LogP contribution in [-0.4, -0.2) is 39.1 Å². The second kappa shape index (κ2) is 7.78. The molecule has 13 heteroatoms. The van der Waals surface area contributed by atoms with E-state index in [9.17, 15) is 27.2 Å². The molecular formula is C17H10ClF4N3O5. The van der Waals surface area contributed by atoms with Crippen molar-refractivity contribution in [3.63, 3.8) is 0 Å². The molecule has 3 rings (SSSR count). The topological polar surface area (TPSA) is 107 Å². The van der Waals surface area contributed by atoms with E-state index in [1.165, 1.54) is 12.1 Å². The van der Waals surface area contributed by atoms with Gasteiger partial charge in [-0.2, -0.15) is 18.3 Å². The lowest BCUT2D eigenvalue weighted by molar-refractivity contribution is -0.146. The Bertz CT molecular complexity index is 1120. The van der Waals surface area contributed by atoms with Gasteiger partial charge in [-0.3, -0.25) is 4.79 Å². The zero-order chi connectivity index (χ0) is 22.2. The molecule has 8 nitrogen and oxygen atoms in total. The molecule has 158 valence electrons. The van der Waals surface area contributed by atoms with Crippen LogP contribution in [0.1, 0.15) is 16.1 Å². The van der Waals surface area contributed by atoms with E-state index >= 15 is 0 Å². The molecule has 0 bridgehead atoms. The number of alkyl halides is 3. The highest BCUT2D eigenvalue weighted by Gasteiger charge is 2.42. The summed E-state index contributed by atoms with van der Waals surface area (Å²) in [6.45, 7) is -1.11. The minimum Gasteiger partial charge on any atom is -0.480 e. The van der Waals surface area contributed by atoms with Crippen LogP contribution in [0, 0.1) is 5.82 Å². The molecule has 0 fully saturated rings. The Morgan fingerprint density at radius 2 is 2.03 bits per heavy atom. The summed E-state index contributed by atoms with van der Waals surface area (Å²) in [5, 5.41) is 15.6. The molecule has 0 aliphatic rings. The molecular weight excluding hydrogens is 438 g/mol. The molecule has 1 N–H and O–H groups in total. The predicted octanol–water partition coefficient (Wildman–Crippen LogP) is 3.89. The van der Waals surface area contributed by atoms with Gasteiger partial charge < -0.3 is 14.4 Å². The van der Waals surface area contributed by atoms with E-state index in [0.717, 1.165) is 13.2 Å².